The lowest BCUT2D eigenvalue weighted by atomic mass is 10.0. The van der Waals surface area contributed by atoms with Crippen LogP contribution in [0.2, 0.25) is 0 Å². The van der Waals surface area contributed by atoms with Crippen LogP contribution in [0.3, 0.4) is 0 Å². The molecule has 0 saturated carbocycles. The topological polar surface area (TPSA) is 79.9 Å². The Balaban J connectivity index is 1.93. The maximum absolute atomic E-state index is 12.3. The molecule has 1 aliphatic rings. The minimum atomic E-state index is -0.389. The van der Waals surface area contributed by atoms with Gasteiger partial charge in [-0.05, 0) is 31.7 Å². The van der Waals surface area contributed by atoms with Crippen molar-refractivity contribution < 1.29 is 9.53 Å². The quantitative estimate of drug-likeness (QED) is 0.877. The number of aromatic nitrogens is 3. The Kier molecular flexibility index (Phi) is 3.17. The SMILES string of the molecule is Cc1[nH]c2ncnc(NC(=O)C3OCCC3C)c2c1C. The molecule has 1 aliphatic heterocycles. The van der Waals surface area contributed by atoms with Gasteiger partial charge in [0.2, 0.25) is 0 Å². The Morgan fingerprint density at radius 3 is 2.95 bits per heavy atom. The lowest BCUT2D eigenvalue weighted by Gasteiger charge is -2.14. The molecule has 3 heterocycles. The third-order valence-corrected chi connectivity index (χ3v) is 3.98. The summed E-state index contributed by atoms with van der Waals surface area (Å²) in [4.78, 5) is 23.9. The molecule has 20 heavy (non-hydrogen) atoms. The predicted octanol–water partition coefficient (Wildman–Crippen LogP) is 1.94. The highest BCUT2D eigenvalue weighted by atomic mass is 16.5. The molecule has 0 spiro atoms. The number of amides is 1. The molecular weight excluding hydrogens is 256 g/mol. The summed E-state index contributed by atoms with van der Waals surface area (Å²) >= 11 is 0. The first-order chi connectivity index (χ1) is 9.58. The van der Waals surface area contributed by atoms with E-state index in [1.54, 1.807) is 0 Å². The average Bonchev–Trinajstić information content (AvgIpc) is 2.95. The number of fused-ring (bicyclic) bond motifs is 1. The monoisotopic (exact) mass is 274 g/mol. The van der Waals surface area contributed by atoms with Crippen LogP contribution in [-0.2, 0) is 9.53 Å². The molecule has 2 N–H and O–H groups in total. The van der Waals surface area contributed by atoms with Crippen molar-refractivity contribution in [2.45, 2.75) is 33.3 Å². The maximum atomic E-state index is 12.3. The lowest BCUT2D eigenvalue weighted by Crippen LogP contribution is -2.31. The van der Waals surface area contributed by atoms with E-state index in [0.717, 1.165) is 28.7 Å². The molecule has 6 heteroatoms. The van der Waals surface area contributed by atoms with Crippen LogP contribution in [0.25, 0.3) is 11.0 Å². The van der Waals surface area contributed by atoms with Crippen molar-refractivity contribution in [3.8, 4) is 0 Å². The average molecular weight is 274 g/mol. The Hall–Kier alpha value is -1.95. The molecule has 6 nitrogen and oxygen atoms in total. The summed E-state index contributed by atoms with van der Waals surface area (Å²) in [6.45, 7) is 6.63. The van der Waals surface area contributed by atoms with Gasteiger partial charge in [-0.15, -0.1) is 0 Å². The first kappa shape index (κ1) is 13.1. The maximum Gasteiger partial charge on any atom is 0.254 e. The van der Waals surface area contributed by atoms with Gasteiger partial charge in [0.15, 0.2) is 0 Å². The van der Waals surface area contributed by atoms with Crippen LogP contribution in [0, 0.1) is 19.8 Å². The summed E-state index contributed by atoms with van der Waals surface area (Å²) in [5, 5.41) is 3.74. The van der Waals surface area contributed by atoms with Crippen LogP contribution in [0.15, 0.2) is 6.33 Å². The Labute approximate surface area is 117 Å². The first-order valence-electron chi connectivity index (χ1n) is 6.80. The molecule has 1 fully saturated rings. The Morgan fingerprint density at radius 2 is 2.25 bits per heavy atom. The van der Waals surface area contributed by atoms with Crippen molar-refractivity contribution in [2.24, 2.45) is 5.92 Å². The summed E-state index contributed by atoms with van der Waals surface area (Å²) in [5.74, 6) is 0.652. The van der Waals surface area contributed by atoms with Crippen molar-refractivity contribution in [2.75, 3.05) is 11.9 Å². The number of carbonyl (C=O) groups excluding carboxylic acids is 1. The molecule has 3 rings (SSSR count). The van der Waals surface area contributed by atoms with Crippen molar-refractivity contribution in [1.29, 1.82) is 0 Å². The molecule has 0 radical (unpaired) electrons. The number of aromatic amines is 1. The number of hydrogen-bond acceptors (Lipinski definition) is 4. The predicted molar refractivity (Wildman–Crippen MR) is 75.5 cm³/mol. The molecule has 0 aliphatic carbocycles. The molecule has 2 aromatic heterocycles. The summed E-state index contributed by atoms with van der Waals surface area (Å²) < 4.78 is 5.48. The normalized spacial score (nSPS) is 22.4. The molecule has 1 saturated heterocycles. The summed E-state index contributed by atoms with van der Waals surface area (Å²) in [7, 11) is 0. The third kappa shape index (κ3) is 2.06. The Bertz CT molecular complexity index is 664. The molecule has 2 unspecified atom stereocenters. The van der Waals surface area contributed by atoms with Gasteiger partial charge in [-0.3, -0.25) is 4.79 Å². The second-order valence-electron chi connectivity index (χ2n) is 5.37. The number of ether oxygens (including phenoxy) is 1. The molecular formula is C14H18N4O2. The molecule has 0 bridgehead atoms. The van der Waals surface area contributed by atoms with E-state index in [0.29, 0.717) is 12.4 Å². The summed E-state index contributed by atoms with van der Waals surface area (Å²) in [6.07, 6.45) is 1.98. The number of anilines is 1. The van der Waals surface area contributed by atoms with Crippen LogP contribution in [0.5, 0.6) is 0 Å². The van der Waals surface area contributed by atoms with Gasteiger partial charge in [0, 0.05) is 12.3 Å². The van der Waals surface area contributed by atoms with Crippen LogP contribution in [-0.4, -0.2) is 33.6 Å². The van der Waals surface area contributed by atoms with Gasteiger partial charge >= 0.3 is 0 Å². The molecule has 106 valence electrons. The van der Waals surface area contributed by atoms with Crippen LogP contribution < -0.4 is 5.32 Å². The van der Waals surface area contributed by atoms with Gasteiger partial charge in [-0.2, -0.15) is 0 Å². The fourth-order valence-electron chi connectivity index (χ4n) is 2.61. The molecule has 2 aromatic rings. The van der Waals surface area contributed by atoms with E-state index in [9.17, 15) is 4.79 Å². The minimum absolute atomic E-state index is 0.131. The third-order valence-electron chi connectivity index (χ3n) is 3.98. The fourth-order valence-corrected chi connectivity index (χ4v) is 2.61. The van der Waals surface area contributed by atoms with Gasteiger partial charge < -0.3 is 15.0 Å². The van der Waals surface area contributed by atoms with Crippen LogP contribution >= 0.6 is 0 Å². The summed E-state index contributed by atoms with van der Waals surface area (Å²) in [5.41, 5.74) is 2.82. The number of H-pyrrole nitrogens is 1. The van der Waals surface area contributed by atoms with Gasteiger partial charge in [0.1, 0.15) is 23.9 Å². The highest BCUT2D eigenvalue weighted by Gasteiger charge is 2.31. The zero-order valence-electron chi connectivity index (χ0n) is 11.9. The zero-order valence-corrected chi connectivity index (χ0v) is 11.9. The van der Waals surface area contributed by atoms with E-state index >= 15 is 0 Å². The van der Waals surface area contributed by atoms with Gasteiger partial charge in [-0.25, -0.2) is 9.97 Å². The number of aryl methyl sites for hydroxylation is 2. The lowest BCUT2D eigenvalue weighted by molar-refractivity contribution is -0.126. The fraction of sp³-hybridized carbons (Fsp3) is 0.500. The second kappa shape index (κ2) is 4.86. The number of nitrogens with one attached hydrogen (secondary N) is 2. The molecule has 1 amide bonds. The van der Waals surface area contributed by atoms with E-state index in [1.165, 1.54) is 6.33 Å². The first-order valence-corrected chi connectivity index (χ1v) is 6.80. The van der Waals surface area contributed by atoms with E-state index < -0.39 is 0 Å². The van der Waals surface area contributed by atoms with Gasteiger partial charge in [0.05, 0.1) is 5.39 Å². The van der Waals surface area contributed by atoms with Gasteiger partial charge in [0.25, 0.3) is 5.91 Å². The van der Waals surface area contributed by atoms with Crippen molar-refractivity contribution in [3.63, 3.8) is 0 Å². The van der Waals surface area contributed by atoms with Crippen molar-refractivity contribution >= 4 is 22.8 Å². The number of rotatable bonds is 2. The van der Waals surface area contributed by atoms with Gasteiger partial charge in [-0.1, -0.05) is 6.92 Å². The summed E-state index contributed by atoms with van der Waals surface area (Å²) in [6, 6.07) is 0. The number of carbonyl (C=O) groups is 1. The Morgan fingerprint density at radius 1 is 1.45 bits per heavy atom. The van der Waals surface area contributed by atoms with Crippen molar-refractivity contribution in [3.05, 3.63) is 17.6 Å². The highest BCUT2D eigenvalue weighted by Crippen LogP contribution is 2.27. The smallest absolute Gasteiger partial charge is 0.254 e. The zero-order chi connectivity index (χ0) is 14.3. The van der Waals surface area contributed by atoms with Crippen LogP contribution in [0.4, 0.5) is 5.82 Å². The highest BCUT2D eigenvalue weighted by molar-refractivity contribution is 6.02. The van der Waals surface area contributed by atoms with Crippen molar-refractivity contribution in [1.82, 2.24) is 15.0 Å². The number of hydrogen-bond donors (Lipinski definition) is 2. The molecule has 0 aromatic carbocycles. The van der Waals surface area contributed by atoms with Crippen LogP contribution in [0.1, 0.15) is 24.6 Å². The minimum Gasteiger partial charge on any atom is -0.368 e. The van der Waals surface area contributed by atoms with E-state index in [-0.39, 0.29) is 17.9 Å². The molecule has 2 atom stereocenters. The standard InChI is InChI=1S/C14H18N4O2/c1-7-4-5-20-11(7)14(19)18-13-10-8(2)9(3)17-12(10)15-6-16-13/h6-7,11H,4-5H2,1-3H3,(H2,15,16,17,18,19). The van der Waals surface area contributed by atoms with E-state index in [2.05, 4.69) is 20.3 Å². The van der Waals surface area contributed by atoms with E-state index in [4.69, 9.17) is 4.74 Å². The van der Waals surface area contributed by atoms with E-state index in [1.807, 2.05) is 20.8 Å². The second-order valence-corrected chi connectivity index (χ2v) is 5.37. The number of nitrogens with zero attached hydrogens (tertiary/aromatic N) is 2. The largest absolute Gasteiger partial charge is 0.368 e.